The van der Waals surface area contributed by atoms with Gasteiger partial charge in [-0.2, -0.15) is 0 Å². The summed E-state index contributed by atoms with van der Waals surface area (Å²) >= 11 is 0. The molecule has 0 radical (unpaired) electrons. The number of aromatic nitrogens is 3. The quantitative estimate of drug-likeness (QED) is 0.315. The molecule has 0 bridgehead atoms. The number of nitrogens with two attached hydrogens (primary N) is 1. The van der Waals surface area contributed by atoms with Crippen LogP contribution in [-0.2, 0) is 11.2 Å². The van der Waals surface area contributed by atoms with E-state index in [2.05, 4.69) is 20.9 Å². The second kappa shape index (κ2) is 7.88. The normalized spacial score (nSPS) is 17.1. The summed E-state index contributed by atoms with van der Waals surface area (Å²) in [6.45, 7) is 4.34. The molecule has 1 aromatic rings. The van der Waals surface area contributed by atoms with Crippen LogP contribution in [0.4, 0.5) is 0 Å². The Morgan fingerprint density at radius 3 is 3.00 bits per heavy atom. The smallest absolute Gasteiger partial charge is 0.185 e. The number of ketones is 1. The fraction of sp³-hybridized carbons (Fsp3) is 0.714. The zero-order valence-electron chi connectivity index (χ0n) is 13.0. The molecule has 1 aromatic heterocycles. The van der Waals surface area contributed by atoms with Crippen molar-refractivity contribution >= 4 is 11.7 Å². The first kappa shape index (κ1) is 16.4. The fourth-order valence-corrected chi connectivity index (χ4v) is 2.69. The number of hydrogen-bond donors (Lipinski definition) is 4. The lowest BCUT2D eigenvalue weighted by Crippen LogP contribution is -2.34. The summed E-state index contributed by atoms with van der Waals surface area (Å²) in [5.41, 5.74) is 6.07. The molecule has 1 fully saturated rings. The minimum Gasteiger partial charge on any atom is -0.370 e. The molecule has 2 rings (SSSR count). The van der Waals surface area contributed by atoms with E-state index in [9.17, 15) is 4.79 Å². The highest BCUT2D eigenvalue weighted by Crippen LogP contribution is 2.20. The molecule has 1 atom stereocenters. The van der Waals surface area contributed by atoms with E-state index in [0.717, 1.165) is 44.5 Å². The van der Waals surface area contributed by atoms with E-state index in [-0.39, 0.29) is 23.7 Å². The zero-order valence-corrected chi connectivity index (χ0v) is 13.0. The van der Waals surface area contributed by atoms with E-state index in [1.54, 1.807) is 4.68 Å². The largest absolute Gasteiger partial charge is 0.370 e. The van der Waals surface area contributed by atoms with Gasteiger partial charge in [0.15, 0.2) is 11.7 Å². The lowest BCUT2D eigenvalue weighted by Gasteiger charge is -2.24. The van der Waals surface area contributed by atoms with Gasteiger partial charge in [0, 0.05) is 18.7 Å². The molecule has 0 spiro atoms. The van der Waals surface area contributed by atoms with Crippen molar-refractivity contribution in [2.75, 3.05) is 19.6 Å². The average molecular weight is 307 g/mol. The van der Waals surface area contributed by atoms with Crippen molar-refractivity contribution in [3.05, 3.63) is 11.9 Å². The summed E-state index contributed by atoms with van der Waals surface area (Å²) in [6.07, 6.45) is 5.21. The predicted octanol–water partition coefficient (Wildman–Crippen LogP) is -0.177. The molecule has 22 heavy (non-hydrogen) atoms. The van der Waals surface area contributed by atoms with Gasteiger partial charge in [-0.1, -0.05) is 5.21 Å². The van der Waals surface area contributed by atoms with Crippen LogP contribution >= 0.6 is 0 Å². The maximum absolute atomic E-state index is 12.5. The van der Waals surface area contributed by atoms with Gasteiger partial charge in [0.25, 0.3) is 0 Å². The summed E-state index contributed by atoms with van der Waals surface area (Å²) in [4.78, 5) is 12.5. The molecule has 1 saturated heterocycles. The predicted molar refractivity (Wildman–Crippen MR) is 83.6 cm³/mol. The lowest BCUT2D eigenvalue weighted by atomic mass is 9.90. The molecule has 0 amide bonds. The van der Waals surface area contributed by atoms with E-state index in [1.165, 1.54) is 0 Å². The van der Waals surface area contributed by atoms with Gasteiger partial charge in [-0.15, -0.1) is 5.10 Å². The number of aryl methyl sites for hydroxylation is 1. The molecule has 2 heterocycles. The van der Waals surface area contributed by atoms with Crippen molar-refractivity contribution in [1.29, 1.82) is 5.41 Å². The summed E-state index contributed by atoms with van der Waals surface area (Å²) in [6, 6.07) is -0.264. The Morgan fingerprint density at radius 1 is 1.59 bits per heavy atom. The third-order valence-electron chi connectivity index (χ3n) is 4.03. The highest BCUT2D eigenvalue weighted by Gasteiger charge is 2.27. The minimum absolute atomic E-state index is 0.0233. The number of carbonyl (C=O) groups is 1. The van der Waals surface area contributed by atoms with E-state index < -0.39 is 0 Å². The Bertz CT molecular complexity index is 507. The maximum Gasteiger partial charge on any atom is 0.185 e. The second-order valence-corrected chi connectivity index (χ2v) is 5.74. The number of hydrogen-bond acceptors (Lipinski definition) is 5. The third-order valence-corrected chi connectivity index (χ3v) is 4.03. The van der Waals surface area contributed by atoms with Crippen molar-refractivity contribution < 1.29 is 4.79 Å². The Morgan fingerprint density at radius 2 is 2.32 bits per heavy atom. The number of nitrogens with one attached hydrogen (secondary N) is 3. The number of carbonyl (C=O) groups excluding carboxylic acids is 1. The van der Waals surface area contributed by atoms with Crippen molar-refractivity contribution in [3.8, 4) is 0 Å². The van der Waals surface area contributed by atoms with E-state index in [1.807, 2.05) is 13.1 Å². The highest BCUT2D eigenvalue weighted by molar-refractivity contribution is 5.84. The van der Waals surface area contributed by atoms with Crippen LogP contribution < -0.4 is 16.4 Å². The maximum atomic E-state index is 12.5. The molecule has 0 saturated carbocycles. The van der Waals surface area contributed by atoms with Gasteiger partial charge in [-0.3, -0.25) is 10.2 Å². The summed E-state index contributed by atoms with van der Waals surface area (Å²) in [5, 5.41) is 21.3. The van der Waals surface area contributed by atoms with Crippen LogP contribution in [0.5, 0.6) is 0 Å². The number of nitrogens with zero attached hydrogens (tertiary/aromatic N) is 3. The fourth-order valence-electron chi connectivity index (χ4n) is 2.69. The SMILES string of the molecule is C[C@@H](C(=O)C1CCNCC1)n1cc(CCCNC(=N)N)nn1. The first-order valence-electron chi connectivity index (χ1n) is 7.81. The Balaban J connectivity index is 1.84. The van der Waals surface area contributed by atoms with Crippen LogP contribution in [0.1, 0.15) is 37.9 Å². The van der Waals surface area contributed by atoms with Crippen molar-refractivity contribution in [1.82, 2.24) is 25.6 Å². The van der Waals surface area contributed by atoms with Gasteiger partial charge in [0.2, 0.25) is 0 Å². The summed E-state index contributed by atoms with van der Waals surface area (Å²) in [5.74, 6) is 0.352. The minimum atomic E-state index is -0.264. The van der Waals surface area contributed by atoms with Crippen molar-refractivity contribution in [2.24, 2.45) is 11.7 Å². The van der Waals surface area contributed by atoms with Gasteiger partial charge in [0.05, 0.1) is 5.69 Å². The number of Topliss-reactive ketones (excluding diaryl/α,β-unsaturated/α-hetero) is 1. The Kier molecular flexibility index (Phi) is 5.88. The third kappa shape index (κ3) is 4.52. The number of piperidine rings is 1. The molecule has 122 valence electrons. The monoisotopic (exact) mass is 307 g/mol. The molecular formula is C14H25N7O. The van der Waals surface area contributed by atoms with Crippen LogP contribution in [0.15, 0.2) is 6.20 Å². The van der Waals surface area contributed by atoms with E-state index in [0.29, 0.717) is 6.54 Å². The van der Waals surface area contributed by atoms with Gasteiger partial charge >= 0.3 is 0 Å². The first-order valence-corrected chi connectivity index (χ1v) is 7.81. The Hall–Kier alpha value is -1.96. The van der Waals surface area contributed by atoms with Crippen LogP contribution in [0.3, 0.4) is 0 Å². The van der Waals surface area contributed by atoms with Gasteiger partial charge in [0.1, 0.15) is 6.04 Å². The lowest BCUT2D eigenvalue weighted by molar-refractivity contribution is -0.126. The molecule has 8 nitrogen and oxygen atoms in total. The van der Waals surface area contributed by atoms with E-state index in [4.69, 9.17) is 11.1 Å². The first-order chi connectivity index (χ1) is 10.6. The van der Waals surface area contributed by atoms with Crippen molar-refractivity contribution in [3.63, 3.8) is 0 Å². The summed E-state index contributed by atoms with van der Waals surface area (Å²) in [7, 11) is 0. The zero-order chi connectivity index (χ0) is 15.9. The van der Waals surface area contributed by atoms with Crippen LogP contribution in [0, 0.1) is 11.3 Å². The van der Waals surface area contributed by atoms with Crippen LogP contribution in [-0.4, -0.2) is 46.4 Å². The standard InChI is InChI=1S/C14H25N7O/c1-10(13(22)11-4-7-17-8-5-11)21-9-12(19-20-21)3-2-6-18-14(15)16/h9-11,17H,2-8H2,1H3,(H4,15,16,18)/t10-/m0/s1. The Labute approximate surface area is 130 Å². The van der Waals surface area contributed by atoms with Crippen LogP contribution in [0.25, 0.3) is 0 Å². The molecule has 0 aromatic carbocycles. The molecule has 0 aliphatic carbocycles. The molecule has 5 N–H and O–H groups in total. The molecule has 1 aliphatic rings. The van der Waals surface area contributed by atoms with Crippen LogP contribution in [0.2, 0.25) is 0 Å². The topological polar surface area (TPSA) is 122 Å². The second-order valence-electron chi connectivity index (χ2n) is 5.74. The molecule has 8 heteroatoms. The number of rotatable bonds is 7. The van der Waals surface area contributed by atoms with Gasteiger partial charge in [-0.05, 0) is 45.7 Å². The van der Waals surface area contributed by atoms with Crippen molar-refractivity contribution in [2.45, 2.75) is 38.6 Å². The molecule has 1 aliphatic heterocycles. The average Bonchev–Trinajstić information content (AvgIpc) is 2.99. The number of guanidine groups is 1. The molecular weight excluding hydrogens is 282 g/mol. The van der Waals surface area contributed by atoms with Gasteiger partial charge in [-0.25, -0.2) is 4.68 Å². The van der Waals surface area contributed by atoms with E-state index >= 15 is 0 Å². The molecule has 0 unspecified atom stereocenters. The van der Waals surface area contributed by atoms with Gasteiger partial charge < -0.3 is 16.4 Å². The summed E-state index contributed by atoms with van der Waals surface area (Å²) < 4.78 is 1.66. The highest BCUT2D eigenvalue weighted by atomic mass is 16.1.